The van der Waals surface area contributed by atoms with E-state index in [4.69, 9.17) is 27.9 Å². The first-order valence-corrected chi connectivity index (χ1v) is 7.75. The largest absolute Gasteiger partial charge is 0.453 e. The standard InChI is InChI=1S/C15H20Cl2N2O2/c1-19-7-5-10(6-8-19)14(18-15(20)21-2)11-3-4-12(16)13(17)9-11/h3-4,9-10,14H,5-8H2,1-2H3,(H,18,20). The topological polar surface area (TPSA) is 41.6 Å². The molecule has 0 aliphatic carbocycles. The maximum absolute atomic E-state index is 11.7. The van der Waals surface area contributed by atoms with Crippen LogP contribution in [0.25, 0.3) is 0 Å². The van der Waals surface area contributed by atoms with Gasteiger partial charge in [0.1, 0.15) is 0 Å². The molecule has 1 aliphatic rings. The highest BCUT2D eigenvalue weighted by Crippen LogP contribution is 2.33. The molecule has 1 unspecified atom stereocenters. The molecule has 1 fully saturated rings. The third-order valence-corrected chi connectivity index (χ3v) is 4.74. The normalized spacial score (nSPS) is 18.3. The smallest absolute Gasteiger partial charge is 0.407 e. The summed E-state index contributed by atoms with van der Waals surface area (Å²) in [6.45, 7) is 2.04. The highest BCUT2D eigenvalue weighted by Gasteiger charge is 2.28. The van der Waals surface area contributed by atoms with E-state index >= 15 is 0 Å². The summed E-state index contributed by atoms with van der Waals surface area (Å²) in [5.41, 5.74) is 0.962. The molecule has 0 radical (unpaired) electrons. The highest BCUT2D eigenvalue weighted by molar-refractivity contribution is 6.42. The van der Waals surface area contributed by atoms with E-state index in [1.165, 1.54) is 7.11 Å². The van der Waals surface area contributed by atoms with E-state index in [-0.39, 0.29) is 6.04 Å². The Morgan fingerprint density at radius 3 is 2.57 bits per heavy atom. The summed E-state index contributed by atoms with van der Waals surface area (Å²) < 4.78 is 4.75. The summed E-state index contributed by atoms with van der Waals surface area (Å²) >= 11 is 12.1. The van der Waals surface area contributed by atoms with Gasteiger partial charge in [-0.2, -0.15) is 0 Å². The first-order chi connectivity index (χ1) is 10.0. The van der Waals surface area contributed by atoms with Gasteiger partial charge in [0.25, 0.3) is 0 Å². The van der Waals surface area contributed by atoms with Gasteiger partial charge in [0.15, 0.2) is 0 Å². The molecule has 0 aromatic heterocycles. The number of carbonyl (C=O) groups excluding carboxylic acids is 1. The number of amides is 1. The molecule has 1 amide bonds. The van der Waals surface area contributed by atoms with E-state index in [1.54, 1.807) is 6.07 Å². The summed E-state index contributed by atoms with van der Waals surface area (Å²) in [5.74, 6) is 0.359. The molecule has 1 saturated heterocycles. The van der Waals surface area contributed by atoms with Crippen LogP contribution in [0, 0.1) is 5.92 Å². The first kappa shape index (κ1) is 16.4. The number of hydrogen-bond donors (Lipinski definition) is 1. The zero-order valence-electron chi connectivity index (χ0n) is 12.2. The molecule has 2 rings (SSSR count). The Hall–Kier alpha value is -0.970. The summed E-state index contributed by atoms with van der Waals surface area (Å²) in [6.07, 6.45) is 1.61. The third kappa shape index (κ3) is 4.25. The van der Waals surface area contributed by atoms with E-state index in [9.17, 15) is 4.79 Å². The van der Waals surface area contributed by atoms with E-state index in [1.807, 2.05) is 12.1 Å². The second-order valence-electron chi connectivity index (χ2n) is 5.43. The van der Waals surface area contributed by atoms with Crippen molar-refractivity contribution in [2.24, 2.45) is 5.92 Å². The number of likely N-dealkylation sites (tertiary alicyclic amines) is 1. The van der Waals surface area contributed by atoms with Crippen molar-refractivity contribution in [1.29, 1.82) is 0 Å². The average molecular weight is 331 g/mol. The number of hydrogen-bond acceptors (Lipinski definition) is 3. The average Bonchev–Trinajstić information content (AvgIpc) is 2.48. The molecule has 21 heavy (non-hydrogen) atoms. The zero-order chi connectivity index (χ0) is 15.4. The van der Waals surface area contributed by atoms with E-state index in [2.05, 4.69) is 17.3 Å². The number of alkyl carbamates (subject to hydrolysis) is 1. The van der Waals surface area contributed by atoms with Crippen LogP contribution in [0.5, 0.6) is 0 Å². The van der Waals surface area contributed by atoms with Gasteiger partial charge in [-0.15, -0.1) is 0 Å². The molecule has 1 heterocycles. The molecule has 0 spiro atoms. The minimum atomic E-state index is -0.426. The van der Waals surface area contributed by atoms with Crippen LogP contribution in [-0.2, 0) is 4.74 Å². The predicted octanol–water partition coefficient (Wildman–Crippen LogP) is 3.73. The Morgan fingerprint density at radius 1 is 1.33 bits per heavy atom. The lowest BCUT2D eigenvalue weighted by molar-refractivity contribution is 0.147. The Kier molecular flexibility index (Phi) is 5.73. The number of rotatable bonds is 3. The monoisotopic (exact) mass is 330 g/mol. The van der Waals surface area contributed by atoms with Crippen molar-refractivity contribution in [3.63, 3.8) is 0 Å². The SMILES string of the molecule is COC(=O)NC(c1ccc(Cl)c(Cl)c1)C1CCN(C)CC1. The summed E-state index contributed by atoms with van der Waals surface area (Å²) in [4.78, 5) is 13.9. The molecule has 116 valence electrons. The molecule has 0 bridgehead atoms. The lowest BCUT2D eigenvalue weighted by Crippen LogP contribution is -2.39. The van der Waals surface area contributed by atoms with Crippen molar-refractivity contribution < 1.29 is 9.53 Å². The third-order valence-electron chi connectivity index (χ3n) is 4.00. The van der Waals surface area contributed by atoms with Gasteiger partial charge in [-0.25, -0.2) is 4.79 Å². The molecular weight excluding hydrogens is 311 g/mol. The van der Waals surface area contributed by atoms with Crippen molar-refractivity contribution in [2.45, 2.75) is 18.9 Å². The molecule has 4 nitrogen and oxygen atoms in total. The number of piperidine rings is 1. The second-order valence-corrected chi connectivity index (χ2v) is 6.24. The van der Waals surface area contributed by atoms with Crippen LogP contribution in [-0.4, -0.2) is 38.2 Å². The maximum atomic E-state index is 11.7. The van der Waals surface area contributed by atoms with Crippen LogP contribution < -0.4 is 5.32 Å². The van der Waals surface area contributed by atoms with Gasteiger partial charge in [-0.1, -0.05) is 29.3 Å². The lowest BCUT2D eigenvalue weighted by atomic mass is 9.85. The number of carbonyl (C=O) groups is 1. The molecule has 1 aliphatic heterocycles. The number of nitrogens with one attached hydrogen (secondary N) is 1. The number of ether oxygens (including phenoxy) is 1. The van der Waals surface area contributed by atoms with Crippen LogP contribution in [0.1, 0.15) is 24.4 Å². The zero-order valence-corrected chi connectivity index (χ0v) is 13.7. The highest BCUT2D eigenvalue weighted by atomic mass is 35.5. The van der Waals surface area contributed by atoms with Crippen molar-refractivity contribution in [1.82, 2.24) is 10.2 Å². The Labute approximate surface area is 135 Å². The van der Waals surface area contributed by atoms with Crippen LogP contribution in [0.3, 0.4) is 0 Å². The molecule has 1 aromatic rings. The van der Waals surface area contributed by atoms with Crippen LogP contribution in [0.4, 0.5) is 4.79 Å². The number of benzene rings is 1. The van der Waals surface area contributed by atoms with Gasteiger partial charge in [-0.05, 0) is 56.6 Å². The van der Waals surface area contributed by atoms with Gasteiger partial charge in [0.2, 0.25) is 0 Å². The minimum Gasteiger partial charge on any atom is -0.453 e. The van der Waals surface area contributed by atoms with Gasteiger partial charge >= 0.3 is 6.09 Å². The van der Waals surface area contributed by atoms with Gasteiger partial charge in [0, 0.05) is 0 Å². The van der Waals surface area contributed by atoms with Gasteiger partial charge in [-0.3, -0.25) is 0 Å². The summed E-state index contributed by atoms with van der Waals surface area (Å²) in [6, 6.07) is 5.39. The fourth-order valence-corrected chi connectivity index (χ4v) is 3.03. The van der Waals surface area contributed by atoms with E-state index < -0.39 is 6.09 Å². The van der Waals surface area contributed by atoms with Gasteiger partial charge in [0.05, 0.1) is 23.2 Å². The molecule has 6 heteroatoms. The van der Waals surface area contributed by atoms with Crippen LogP contribution >= 0.6 is 23.2 Å². The van der Waals surface area contributed by atoms with E-state index in [0.29, 0.717) is 16.0 Å². The minimum absolute atomic E-state index is 0.110. The maximum Gasteiger partial charge on any atom is 0.407 e. The van der Waals surface area contributed by atoms with Crippen LogP contribution in [0.15, 0.2) is 18.2 Å². The predicted molar refractivity (Wildman–Crippen MR) is 85.0 cm³/mol. The summed E-state index contributed by atoms with van der Waals surface area (Å²) in [7, 11) is 3.48. The first-order valence-electron chi connectivity index (χ1n) is 6.99. The fraction of sp³-hybridized carbons (Fsp3) is 0.533. The molecule has 0 saturated carbocycles. The van der Waals surface area contributed by atoms with Crippen molar-refractivity contribution in [3.05, 3.63) is 33.8 Å². The lowest BCUT2D eigenvalue weighted by Gasteiger charge is -2.34. The number of nitrogens with zero attached hydrogens (tertiary/aromatic N) is 1. The number of methoxy groups -OCH3 is 1. The molecular formula is C15H20Cl2N2O2. The fourth-order valence-electron chi connectivity index (χ4n) is 2.73. The van der Waals surface area contributed by atoms with Crippen molar-refractivity contribution in [3.8, 4) is 0 Å². The van der Waals surface area contributed by atoms with Gasteiger partial charge < -0.3 is 15.0 Å². The van der Waals surface area contributed by atoms with Crippen molar-refractivity contribution >= 4 is 29.3 Å². The Morgan fingerprint density at radius 2 is 2.00 bits per heavy atom. The Balaban J connectivity index is 2.22. The quantitative estimate of drug-likeness (QED) is 0.918. The van der Waals surface area contributed by atoms with Crippen LogP contribution in [0.2, 0.25) is 10.0 Å². The molecule has 1 N–H and O–H groups in total. The molecule has 1 aromatic carbocycles. The molecule has 1 atom stereocenters. The number of halogens is 2. The second kappa shape index (κ2) is 7.34. The summed E-state index contributed by atoms with van der Waals surface area (Å²) in [5, 5.41) is 3.95. The van der Waals surface area contributed by atoms with E-state index in [0.717, 1.165) is 31.5 Å². The Bertz CT molecular complexity index is 502. The van der Waals surface area contributed by atoms with Crippen molar-refractivity contribution in [2.75, 3.05) is 27.2 Å².